The molecule has 1 aliphatic rings. The number of nitrogens with one attached hydrogen (secondary N) is 1. The van der Waals surface area contributed by atoms with Crippen LogP contribution in [0.15, 0.2) is 48.5 Å². The third-order valence-electron chi connectivity index (χ3n) is 5.70. The van der Waals surface area contributed by atoms with Crippen molar-refractivity contribution in [3.8, 4) is 23.5 Å². The Kier molecular flexibility index (Phi) is 8.66. The number of carboxylic acid groups (broad SMARTS) is 1. The number of benzene rings is 2. The molecule has 8 heteroatoms. The van der Waals surface area contributed by atoms with Gasteiger partial charge in [-0.2, -0.15) is 0 Å². The maximum Gasteiger partial charge on any atom is 0.407 e. The first kappa shape index (κ1) is 24.8. The van der Waals surface area contributed by atoms with Gasteiger partial charge >= 0.3 is 12.1 Å². The van der Waals surface area contributed by atoms with Gasteiger partial charge in [0.2, 0.25) is 5.91 Å². The normalized spacial score (nSPS) is 12.7. The Morgan fingerprint density at radius 2 is 1.74 bits per heavy atom. The second kappa shape index (κ2) is 11.9. The molecule has 0 saturated carbocycles. The Labute approximate surface area is 198 Å². The van der Waals surface area contributed by atoms with E-state index in [1.165, 1.54) is 7.11 Å². The van der Waals surface area contributed by atoms with Crippen molar-refractivity contribution in [3.05, 3.63) is 59.7 Å². The van der Waals surface area contributed by atoms with Gasteiger partial charge in [0.25, 0.3) is 0 Å². The number of carbonyl (C=O) groups excluding carboxylic acids is 2. The fraction of sp³-hybridized carbons (Fsp3) is 0.346. The molecule has 0 radical (unpaired) electrons. The van der Waals surface area contributed by atoms with Gasteiger partial charge in [-0.25, -0.2) is 4.79 Å². The van der Waals surface area contributed by atoms with Crippen LogP contribution in [0, 0.1) is 12.3 Å². The van der Waals surface area contributed by atoms with Crippen LogP contribution < -0.4 is 5.32 Å². The lowest BCUT2D eigenvalue weighted by atomic mass is 9.98. The van der Waals surface area contributed by atoms with Crippen LogP contribution in [0.1, 0.15) is 29.9 Å². The predicted molar refractivity (Wildman–Crippen MR) is 126 cm³/mol. The molecule has 2 amide bonds. The maximum atomic E-state index is 12.9. The minimum atomic E-state index is -1.19. The molecule has 0 heterocycles. The maximum absolute atomic E-state index is 12.9. The highest BCUT2D eigenvalue weighted by Crippen LogP contribution is 2.44. The standard InChI is InChI=1S/C26H28N2O6/c1-3-14-28(16-24(29)30)25(31)23(13-8-15-33-2)27-26(32)34-17-22-20-11-6-4-9-18(20)19-10-5-7-12-21(19)22/h1,4-7,9-12,22-23H,8,13-17H2,2H3,(H,27,32)(H,29,30). The zero-order chi connectivity index (χ0) is 24.5. The minimum absolute atomic E-state index is 0.0992. The van der Waals surface area contributed by atoms with Gasteiger partial charge in [0.05, 0.1) is 6.54 Å². The van der Waals surface area contributed by atoms with Crippen molar-refractivity contribution >= 4 is 18.0 Å². The van der Waals surface area contributed by atoms with Crippen molar-refractivity contribution in [2.75, 3.05) is 33.4 Å². The molecule has 2 N–H and O–H groups in total. The molecule has 0 bridgehead atoms. The Morgan fingerprint density at radius 1 is 1.12 bits per heavy atom. The zero-order valence-corrected chi connectivity index (χ0v) is 19.0. The first-order valence-corrected chi connectivity index (χ1v) is 11.0. The summed E-state index contributed by atoms with van der Waals surface area (Å²) in [6.07, 6.45) is 5.26. The van der Waals surface area contributed by atoms with E-state index < -0.39 is 30.6 Å². The molecule has 0 fully saturated rings. The third kappa shape index (κ3) is 5.94. The van der Waals surface area contributed by atoms with Gasteiger partial charge in [0.15, 0.2) is 0 Å². The highest BCUT2D eigenvalue weighted by Gasteiger charge is 2.31. The third-order valence-corrected chi connectivity index (χ3v) is 5.70. The van der Waals surface area contributed by atoms with Crippen LogP contribution in [-0.2, 0) is 19.1 Å². The van der Waals surface area contributed by atoms with Crippen LogP contribution >= 0.6 is 0 Å². The van der Waals surface area contributed by atoms with Crippen molar-refractivity contribution < 1.29 is 29.0 Å². The van der Waals surface area contributed by atoms with E-state index >= 15 is 0 Å². The Morgan fingerprint density at radius 3 is 2.29 bits per heavy atom. The van der Waals surface area contributed by atoms with Gasteiger partial charge in [0.1, 0.15) is 19.2 Å². The van der Waals surface area contributed by atoms with E-state index in [0.717, 1.165) is 27.2 Å². The number of amides is 2. The number of fused-ring (bicyclic) bond motifs is 3. The lowest BCUT2D eigenvalue weighted by molar-refractivity contribution is -0.144. The summed E-state index contributed by atoms with van der Waals surface area (Å²) >= 11 is 0. The van der Waals surface area contributed by atoms with Gasteiger partial charge in [-0.15, -0.1) is 6.42 Å². The topological polar surface area (TPSA) is 105 Å². The van der Waals surface area contributed by atoms with Crippen molar-refractivity contribution in [1.29, 1.82) is 0 Å². The molecular formula is C26H28N2O6. The molecule has 178 valence electrons. The molecule has 2 aromatic carbocycles. The first-order valence-electron chi connectivity index (χ1n) is 11.0. The summed E-state index contributed by atoms with van der Waals surface area (Å²) in [7, 11) is 1.53. The number of ether oxygens (including phenoxy) is 2. The number of hydrogen-bond donors (Lipinski definition) is 2. The SMILES string of the molecule is C#CCN(CC(=O)O)C(=O)C(CCCOC)NC(=O)OCC1c2ccccc2-c2ccccc21. The van der Waals surface area contributed by atoms with Crippen LogP contribution in [-0.4, -0.2) is 67.4 Å². The second-order valence-corrected chi connectivity index (χ2v) is 7.95. The number of methoxy groups -OCH3 is 1. The molecule has 8 nitrogen and oxygen atoms in total. The predicted octanol–water partition coefficient (Wildman–Crippen LogP) is 2.87. The van der Waals surface area contributed by atoms with Crippen LogP contribution in [0.3, 0.4) is 0 Å². The van der Waals surface area contributed by atoms with Gasteiger partial charge in [-0.1, -0.05) is 54.5 Å². The number of hydrogen-bond acceptors (Lipinski definition) is 5. The molecule has 2 aromatic rings. The van der Waals surface area contributed by atoms with Crippen molar-refractivity contribution in [2.45, 2.75) is 24.8 Å². The molecule has 1 unspecified atom stereocenters. The van der Waals surface area contributed by atoms with Crippen LogP contribution in [0.2, 0.25) is 0 Å². The lowest BCUT2D eigenvalue weighted by Crippen LogP contribution is -2.50. The van der Waals surface area contributed by atoms with Gasteiger partial charge in [-0.3, -0.25) is 9.59 Å². The van der Waals surface area contributed by atoms with E-state index in [2.05, 4.69) is 11.2 Å². The molecule has 0 aromatic heterocycles. The van der Waals surface area contributed by atoms with Crippen LogP contribution in [0.5, 0.6) is 0 Å². The number of terminal acetylenes is 1. The summed E-state index contributed by atoms with van der Waals surface area (Å²) in [5.41, 5.74) is 4.37. The van der Waals surface area contributed by atoms with Gasteiger partial charge in [0, 0.05) is 19.6 Å². The number of nitrogens with zero attached hydrogens (tertiary/aromatic N) is 1. The van der Waals surface area contributed by atoms with Crippen molar-refractivity contribution in [1.82, 2.24) is 10.2 Å². The van der Waals surface area contributed by atoms with E-state index in [1.807, 2.05) is 48.5 Å². The smallest absolute Gasteiger partial charge is 0.407 e. The fourth-order valence-electron chi connectivity index (χ4n) is 4.18. The van der Waals surface area contributed by atoms with E-state index in [0.29, 0.717) is 13.0 Å². The van der Waals surface area contributed by atoms with E-state index in [1.54, 1.807) is 0 Å². The monoisotopic (exact) mass is 464 g/mol. The quantitative estimate of drug-likeness (QED) is 0.391. The summed E-state index contributed by atoms with van der Waals surface area (Å²) in [6, 6.07) is 15.0. The van der Waals surface area contributed by atoms with E-state index in [4.69, 9.17) is 21.0 Å². The Hall–Kier alpha value is -3.83. The molecule has 0 spiro atoms. The summed E-state index contributed by atoms with van der Waals surface area (Å²) in [4.78, 5) is 37.8. The average Bonchev–Trinajstić information content (AvgIpc) is 3.15. The summed E-state index contributed by atoms with van der Waals surface area (Å²) in [6.45, 7) is -0.263. The van der Waals surface area contributed by atoms with Crippen molar-refractivity contribution in [3.63, 3.8) is 0 Å². The Balaban J connectivity index is 1.69. The lowest BCUT2D eigenvalue weighted by Gasteiger charge is -2.25. The van der Waals surface area contributed by atoms with Gasteiger partial charge < -0.3 is 24.8 Å². The summed E-state index contributed by atoms with van der Waals surface area (Å²) in [5.74, 6) is 0.391. The summed E-state index contributed by atoms with van der Waals surface area (Å²) in [5, 5.41) is 11.7. The molecule has 1 aliphatic carbocycles. The minimum Gasteiger partial charge on any atom is -0.480 e. The molecule has 0 saturated heterocycles. The highest BCUT2D eigenvalue weighted by molar-refractivity contribution is 5.88. The van der Waals surface area contributed by atoms with E-state index in [-0.39, 0.29) is 25.5 Å². The number of aliphatic carboxylic acids is 1. The number of alkyl carbamates (subject to hydrolysis) is 1. The van der Waals surface area contributed by atoms with Crippen LogP contribution in [0.25, 0.3) is 11.1 Å². The first-order chi connectivity index (χ1) is 16.5. The van der Waals surface area contributed by atoms with Crippen molar-refractivity contribution in [2.24, 2.45) is 0 Å². The van der Waals surface area contributed by atoms with Crippen LogP contribution in [0.4, 0.5) is 4.79 Å². The molecule has 0 aliphatic heterocycles. The molecule has 1 atom stereocenters. The van der Waals surface area contributed by atoms with Gasteiger partial charge in [-0.05, 0) is 35.1 Å². The fourth-order valence-corrected chi connectivity index (χ4v) is 4.18. The molecular weight excluding hydrogens is 436 g/mol. The Bertz CT molecular complexity index is 1030. The largest absolute Gasteiger partial charge is 0.480 e. The zero-order valence-electron chi connectivity index (χ0n) is 19.0. The number of carbonyl (C=O) groups is 3. The van der Waals surface area contributed by atoms with E-state index in [9.17, 15) is 14.4 Å². The second-order valence-electron chi connectivity index (χ2n) is 7.95. The summed E-state index contributed by atoms with van der Waals surface area (Å²) < 4.78 is 10.6. The molecule has 34 heavy (non-hydrogen) atoms. The highest BCUT2D eigenvalue weighted by atomic mass is 16.5. The number of carboxylic acids is 1. The molecule has 3 rings (SSSR count). The number of rotatable bonds is 11. The average molecular weight is 465 g/mol.